The topological polar surface area (TPSA) is 50.4 Å². The predicted octanol–water partition coefficient (Wildman–Crippen LogP) is 3.53. The minimum Gasteiger partial charge on any atom is -0.375 e. The van der Waals surface area contributed by atoms with Gasteiger partial charge >= 0.3 is 18.3 Å². The Kier molecular flexibility index (Phi) is 5.19. The van der Waals surface area contributed by atoms with E-state index in [2.05, 4.69) is 17.3 Å². The van der Waals surface area contributed by atoms with Gasteiger partial charge < -0.3 is 5.73 Å². The zero-order valence-corrected chi connectivity index (χ0v) is 11.6. The van der Waals surface area contributed by atoms with E-state index >= 15 is 0 Å². The van der Waals surface area contributed by atoms with Gasteiger partial charge in [-0.15, -0.1) is 0 Å². The second-order valence-corrected chi connectivity index (χ2v) is 4.55. The molecule has 0 saturated heterocycles. The lowest BCUT2D eigenvalue weighted by molar-refractivity contribution is -0.291. The summed E-state index contributed by atoms with van der Waals surface area (Å²) in [5, 5.41) is 2.93. The van der Waals surface area contributed by atoms with Crippen LogP contribution in [-0.2, 0) is 12.1 Å². The number of hydrazone groups is 1. The van der Waals surface area contributed by atoms with E-state index in [0.717, 1.165) is 0 Å². The van der Waals surface area contributed by atoms with Crippen molar-refractivity contribution in [2.24, 2.45) is 10.8 Å². The van der Waals surface area contributed by atoms with Gasteiger partial charge in [-0.2, -0.15) is 40.2 Å². The van der Waals surface area contributed by atoms with E-state index < -0.39 is 35.0 Å². The first-order valence-corrected chi connectivity index (χ1v) is 5.92. The fourth-order valence-electron chi connectivity index (χ4n) is 1.47. The number of halogens is 8. The number of nitrogens with one attached hydrogen (secondary N) is 1. The van der Waals surface area contributed by atoms with E-state index in [0.29, 0.717) is 12.3 Å². The number of rotatable bonds is 3. The first-order valence-electron chi connectivity index (χ1n) is 5.51. The second kappa shape index (κ2) is 6.26. The first-order chi connectivity index (χ1) is 10.3. The number of hydrogen-bond acceptors (Lipinski definition) is 2. The van der Waals surface area contributed by atoms with E-state index in [1.54, 1.807) is 0 Å². The zero-order chi connectivity index (χ0) is 18.1. The van der Waals surface area contributed by atoms with Crippen molar-refractivity contribution in [2.45, 2.75) is 18.3 Å². The molecule has 1 aromatic rings. The molecular formula is C11H7F8N3S. The summed E-state index contributed by atoms with van der Waals surface area (Å²) in [6.07, 6.45) is -10.9. The minimum atomic E-state index is -6.19. The molecule has 23 heavy (non-hydrogen) atoms. The van der Waals surface area contributed by atoms with Gasteiger partial charge in [0.15, 0.2) is 5.11 Å². The molecule has 0 heterocycles. The molecule has 0 bridgehead atoms. The average Bonchev–Trinajstić information content (AvgIpc) is 2.35. The van der Waals surface area contributed by atoms with Gasteiger partial charge in [0.25, 0.3) is 0 Å². The maximum absolute atomic E-state index is 13.4. The van der Waals surface area contributed by atoms with E-state index in [9.17, 15) is 35.1 Å². The van der Waals surface area contributed by atoms with Crippen LogP contribution in [0.1, 0.15) is 16.7 Å². The van der Waals surface area contributed by atoms with Crippen molar-refractivity contribution in [1.29, 1.82) is 0 Å². The summed E-state index contributed by atoms with van der Waals surface area (Å²) in [7, 11) is 0. The number of benzene rings is 1. The highest BCUT2D eigenvalue weighted by atomic mass is 32.1. The molecule has 3 N–H and O–H groups in total. The lowest BCUT2D eigenvalue weighted by Gasteiger charge is -2.23. The molecule has 0 radical (unpaired) electrons. The fourth-order valence-corrected chi connectivity index (χ4v) is 1.52. The van der Waals surface area contributed by atoms with Crippen LogP contribution in [0.5, 0.6) is 0 Å². The monoisotopic (exact) mass is 365 g/mol. The van der Waals surface area contributed by atoms with Crippen molar-refractivity contribution in [1.82, 2.24) is 5.43 Å². The van der Waals surface area contributed by atoms with Crippen LogP contribution in [0.25, 0.3) is 0 Å². The highest BCUT2D eigenvalue weighted by Crippen LogP contribution is 2.48. The van der Waals surface area contributed by atoms with Gasteiger partial charge in [-0.05, 0) is 29.9 Å². The van der Waals surface area contributed by atoms with Crippen LogP contribution in [-0.4, -0.2) is 17.5 Å². The zero-order valence-electron chi connectivity index (χ0n) is 10.8. The number of thiocarbonyl (C=S) groups is 1. The maximum atomic E-state index is 13.4. The van der Waals surface area contributed by atoms with Crippen LogP contribution in [0.2, 0.25) is 0 Å². The fraction of sp³-hybridized carbons (Fsp3) is 0.273. The highest BCUT2D eigenvalue weighted by molar-refractivity contribution is 7.80. The standard InChI is InChI=1S/C11H7F8N3S/c12-9(13,11(17,18)19)7-3-5(4-21-22-8(20)23)1-2-6(7)10(14,15)16/h1-4H,(H3,20,22,23). The van der Waals surface area contributed by atoms with Gasteiger partial charge in [0.1, 0.15) is 0 Å². The Labute approximate surface area is 129 Å². The summed E-state index contributed by atoms with van der Waals surface area (Å²) in [5.41, 5.74) is 2.19. The maximum Gasteiger partial charge on any atom is 0.458 e. The van der Waals surface area contributed by atoms with Crippen molar-refractivity contribution in [2.75, 3.05) is 0 Å². The Balaban J connectivity index is 3.44. The normalized spacial score (nSPS) is 13.4. The van der Waals surface area contributed by atoms with Gasteiger partial charge in [-0.1, -0.05) is 6.07 Å². The summed E-state index contributed by atoms with van der Waals surface area (Å²) >= 11 is 4.35. The molecule has 0 unspecified atom stereocenters. The van der Waals surface area contributed by atoms with Crippen LogP contribution in [0, 0.1) is 0 Å². The molecule has 0 aliphatic heterocycles. The third kappa shape index (κ3) is 4.50. The molecule has 0 aliphatic carbocycles. The van der Waals surface area contributed by atoms with E-state index in [1.807, 2.05) is 5.43 Å². The molecule has 3 nitrogen and oxygen atoms in total. The van der Waals surface area contributed by atoms with Crippen LogP contribution in [0.4, 0.5) is 35.1 Å². The Morgan fingerprint density at radius 3 is 2.04 bits per heavy atom. The SMILES string of the molecule is NC(=S)NN=Cc1ccc(C(F)(F)F)c(C(F)(F)C(F)(F)F)c1. The Morgan fingerprint density at radius 2 is 1.61 bits per heavy atom. The second-order valence-electron chi connectivity index (χ2n) is 4.11. The molecule has 0 aliphatic rings. The number of alkyl halides is 8. The number of nitrogens with two attached hydrogens (primary N) is 1. The van der Waals surface area contributed by atoms with Crippen LogP contribution < -0.4 is 11.2 Å². The summed E-state index contributed by atoms with van der Waals surface area (Å²) in [6.45, 7) is 0. The number of hydrogen-bond donors (Lipinski definition) is 2. The summed E-state index contributed by atoms with van der Waals surface area (Å²) in [5.74, 6) is -5.70. The molecule has 0 atom stereocenters. The van der Waals surface area contributed by atoms with Crippen LogP contribution in [0.15, 0.2) is 23.3 Å². The molecule has 1 aromatic carbocycles. The highest BCUT2D eigenvalue weighted by Gasteiger charge is 2.61. The minimum absolute atomic E-state index is 0.0427. The molecule has 0 spiro atoms. The molecular weight excluding hydrogens is 358 g/mol. The molecule has 0 fully saturated rings. The first kappa shape index (κ1) is 19.1. The molecule has 12 heteroatoms. The van der Waals surface area contributed by atoms with Crippen molar-refractivity contribution in [3.8, 4) is 0 Å². The summed E-state index contributed by atoms with van der Waals surface area (Å²) in [6, 6.07) is 0.821. The summed E-state index contributed by atoms with van der Waals surface area (Å²) in [4.78, 5) is 0. The van der Waals surface area contributed by atoms with Crippen molar-refractivity contribution < 1.29 is 35.1 Å². The van der Waals surface area contributed by atoms with E-state index in [-0.39, 0.29) is 17.2 Å². The lowest BCUT2D eigenvalue weighted by Crippen LogP contribution is -2.35. The Bertz CT molecular complexity index is 621. The molecule has 0 amide bonds. The molecule has 128 valence electrons. The Morgan fingerprint density at radius 1 is 1.04 bits per heavy atom. The van der Waals surface area contributed by atoms with Crippen LogP contribution >= 0.6 is 12.2 Å². The van der Waals surface area contributed by atoms with Gasteiger partial charge in [0.05, 0.1) is 11.8 Å². The van der Waals surface area contributed by atoms with Gasteiger partial charge in [0.2, 0.25) is 0 Å². The lowest BCUT2D eigenvalue weighted by atomic mass is 9.98. The van der Waals surface area contributed by atoms with Crippen molar-refractivity contribution in [3.63, 3.8) is 0 Å². The third-order valence-corrected chi connectivity index (χ3v) is 2.52. The number of nitrogens with zero attached hydrogens (tertiary/aromatic N) is 1. The van der Waals surface area contributed by atoms with E-state index in [1.165, 1.54) is 0 Å². The van der Waals surface area contributed by atoms with Crippen molar-refractivity contribution >= 4 is 23.5 Å². The van der Waals surface area contributed by atoms with E-state index in [4.69, 9.17) is 5.73 Å². The smallest absolute Gasteiger partial charge is 0.375 e. The molecule has 0 aromatic heterocycles. The summed E-state index contributed by atoms with van der Waals surface area (Å²) < 4.78 is 102. The third-order valence-electron chi connectivity index (χ3n) is 2.43. The Hall–Kier alpha value is -1.98. The van der Waals surface area contributed by atoms with Crippen LogP contribution in [0.3, 0.4) is 0 Å². The predicted molar refractivity (Wildman–Crippen MR) is 68.9 cm³/mol. The quantitative estimate of drug-likeness (QED) is 0.373. The van der Waals surface area contributed by atoms with Crippen molar-refractivity contribution in [3.05, 3.63) is 34.9 Å². The van der Waals surface area contributed by atoms with Gasteiger partial charge in [-0.25, -0.2) is 0 Å². The van der Waals surface area contributed by atoms with Gasteiger partial charge in [-0.3, -0.25) is 5.43 Å². The largest absolute Gasteiger partial charge is 0.458 e. The van der Waals surface area contributed by atoms with Gasteiger partial charge in [0, 0.05) is 5.56 Å². The average molecular weight is 365 g/mol. The molecule has 1 rings (SSSR count). The molecule has 0 saturated carbocycles.